The molecular weight excluding hydrogens is 378 g/mol. The normalized spacial score (nSPS) is 18.7. The minimum Gasteiger partial charge on any atom is -0.465 e. The predicted molar refractivity (Wildman–Crippen MR) is 108 cm³/mol. The van der Waals surface area contributed by atoms with Gasteiger partial charge in [0.25, 0.3) is 0 Å². The Labute approximate surface area is 167 Å². The molecule has 7 nitrogen and oxygen atoms in total. The molecule has 0 saturated carbocycles. The molecule has 8 heteroatoms. The number of benzene rings is 1. The van der Waals surface area contributed by atoms with Gasteiger partial charge in [-0.2, -0.15) is 0 Å². The summed E-state index contributed by atoms with van der Waals surface area (Å²) >= 11 is 1.28. The Balaban J connectivity index is 2.17. The Kier molecular flexibility index (Phi) is 5.51. The molecule has 0 saturated heterocycles. The number of anilines is 1. The van der Waals surface area contributed by atoms with E-state index in [4.69, 9.17) is 0 Å². The van der Waals surface area contributed by atoms with Crippen molar-refractivity contribution in [2.45, 2.75) is 52.2 Å². The van der Waals surface area contributed by atoms with Crippen molar-refractivity contribution < 1.29 is 19.5 Å². The van der Waals surface area contributed by atoms with Crippen LogP contribution in [0.3, 0.4) is 0 Å². The van der Waals surface area contributed by atoms with Gasteiger partial charge in [0.15, 0.2) is 6.29 Å². The molecular formula is C20H23N3O4S. The van der Waals surface area contributed by atoms with Crippen LogP contribution in [0, 0.1) is 0 Å². The first-order chi connectivity index (χ1) is 13.2. The van der Waals surface area contributed by atoms with Crippen LogP contribution in [0.1, 0.15) is 55.4 Å². The van der Waals surface area contributed by atoms with Crippen LogP contribution < -0.4 is 4.90 Å². The molecule has 28 heavy (non-hydrogen) atoms. The van der Waals surface area contributed by atoms with Crippen LogP contribution in [0.15, 0.2) is 24.4 Å². The Morgan fingerprint density at radius 2 is 2.11 bits per heavy atom. The summed E-state index contributed by atoms with van der Waals surface area (Å²) in [6.45, 7) is 7.14. The van der Waals surface area contributed by atoms with E-state index in [0.717, 1.165) is 23.1 Å². The number of carboxylic acid groups (broad SMARTS) is 1. The van der Waals surface area contributed by atoms with Crippen molar-refractivity contribution in [1.82, 2.24) is 9.88 Å². The summed E-state index contributed by atoms with van der Waals surface area (Å²) < 4.78 is 0. The highest BCUT2D eigenvalue weighted by atomic mass is 32.1. The summed E-state index contributed by atoms with van der Waals surface area (Å²) in [6, 6.07) is 4.89. The lowest BCUT2D eigenvalue weighted by molar-refractivity contribution is -0.117. The second-order valence-electron chi connectivity index (χ2n) is 7.23. The number of rotatable bonds is 4. The number of aldehydes is 1. The maximum absolute atomic E-state index is 12.3. The third-order valence-electron chi connectivity index (χ3n) is 4.99. The first-order valence-electron chi connectivity index (χ1n) is 9.11. The van der Waals surface area contributed by atoms with Crippen LogP contribution in [0.2, 0.25) is 0 Å². The van der Waals surface area contributed by atoms with Crippen molar-refractivity contribution in [3.05, 3.63) is 34.8 Å². The number of carbonyl (C=O) groups excluding carboxylic acids is 2. The number of thiazole rings is 1. The molecule has 0 fully saturated rings. The molecule has 2 heterocycles. The van der Waals surface area contributed by atoms with Crippen LogP contribution in [-0.2, 0) is 4.79 Å². The van der Waals surface area contributed by atoms with Crippen LogP contribution in [-0.4, -0.2) is 45.4 Å². The van der Waals surface area contributed by atoms with Gasteiger partial charge in [-0.15, -0.1) is 11.3 Å². The average Bonchev–Trinajstić information content (AvgIpc) is 3.09. The average molecular weight is 401 g/mol. The zero-order valence-electron chi connectivity index (χ0n) is 16.2. The molecule has 2 aromatic rings. The summed E-state index contributed by atoms with van der Waals surface area (Å²) in [6.07, 6.45) is 1.80. The number of nitrogens with zero attached hydrogens (tertiary/aromatic N) is 3. The molecule has 2 atom stereocenters. The molecule has 148 valence electrons. The van der Waals surface area contributed by atoms with Crippen molar-refractivity contribution >= 4 is 35.3 Å². The second kappa shape index (κ2) is 7.71. The smallest absolute Gasteiger partial charge is 0.408 e. The van der Waals surface area contributed by atoms with E-state index in [9.17, 15) is 19.5 Å². The molecule has 3 rings (SSSR count). The van der Waals surface area contributed by atoms with E-state index in [1.807, 2.05) is 39.0 Å². The standard InChI is InChI=1S/C20H23N3O4S/c1-11(2)22(20(26)27)18-7-12(3)23(13(4)25)17-6-5-14(8-16(17)18)19-21-9-15(10-24)28-19/h5-6,8-12,18H,7H2,1-4H3,(H,26,27)/t12-,18+/m0/s1. The number of hydrogen-bond acceptors (Lipinski definition) is 5. The van der Waals surface area contributed by atoms with Crippen LogP contribution >= 0.6 is 11.3 Å². The van der Waals surface area contributed by atoms with Gasteiger partial charge in [-0.1, -0.05) is 0 Å². The fraction of sp³-hybridized carbons (Fsp3) is 0.400. The summed E-state index contributed by atoms with van der Waals surface area (Å²) in [5, 5.41) is 10.5. The van der Waals surface area contributed by atoms with Gasteiger partial charge in [-0.05, 0) is 51.0 Å². The van der Waals surface area contributed by atoms with Crippen LogP contribution in [0.4, 0.5) is 10.5 Å². The van der Waals surface area contributed by atoms with Crippen molar-refractivity contribution in [3.63, 3.8) is 0 Å². The Bertz CT molecular complexity index is 924. The van der Waals surface area contributed by atoms with Gasteiger partial charge in [0.2, 0.25) is 5.91 Å². The molecule has 1 N–H and O–H groups in total. The molecule has 0 radical (unpaired) electrons. The summed E-state index contributed by atoms with van der Waals surface area (Å²) in [5.41, 5.74) is 2.30. The van der Waals surface area contributed by atoms with Crippen molar-refractivity contribution in [2.75, 3.05) is 4.90 Å². The lowest BCUT2D eigenvalue weighted by Crippen LogP contribution is -2.48. The topological polar surface area (TPSA) is 90.8 Å². The highest BCUT2D eigenvalue weighted by molar-refractivity contribution is 7.16. The summed E-state index contributed by atoms with van der Waals surface area (Å²) in [5.74, 6) is -0.0798. The Hall–Kier alpha value is -2.74. The lowest BCUT2D eigenvalue weighted by atomic mass is 9.88. The fourth-order valence-corrected chi connectivity index (χ4v) is 4.63. The lowest BCUT2D eigenvalue weighted by Gasteiger charge is -2.43. The maximum atomic E-state index is 12.3. The van der Waals surface area contributed by atoms with Crippen molar-refractivity contribution in [2.24, 2.45) is 0 Å². The third-order valence-corrected chi connectivity index (χ3v) is 5.96. The predicted octanol–water partition coefficient (Wildman–Crippen LogP) is 4.20. The van der Waals surface area contributed by atoms with Gasteiger partial charge in [-0.3, -0.25) is 14.5 Å². The minimum absolute atomic E-state index is 0.0798. The van der Waals surface area contributed by atoms with E-state index in [1.165, 1.54) is 29.4 Å². The first kappa shape index (κ1) is 20.0. The van der Waals surface area contributed by atoms with E-state index < -0.39 is 6.09 Å². The molecule has 2 amide bonds. The molecule has 0 unspecified atom stereocenters. The fourth-order valence-electron chi connectivity index (χ4n) is 3.90. The van der Waals surface area contributed by atoms with E-state index >= 15 is 0 Å². The van der Waals surface area contributed by atoms with Crippen LogP contribution in [0.5, 0.6) is 0 Å². The van der Waals surface area contributed by atoms with Crippen molar-refractivity contribution in [3.8, 4) is 10.6 Å². The number of amides is 2. The molecule has 1 aromatic heterocycles. The SMILES string of the molecule is CC(=O)N1c2ccc(-c3ncc(C=O)s3)cc2[C@H](N(C(=O)O)C(C)C)C[C@@H]1C. The number of hydrogen-bond donors (Lipinski definition) is 1. The molecule has 0 aliphatic carbocycles. The van der Waals surface area contributed by atoms with Gasteiger partial charge in [-0.25, -0.2) is 9.78 Å². The quantitative estimate of drug-likeness (QED) is 0.776. The molecule has 1 aliphatic rings. The van der Waals surface area contributed by atoms with E-state index in [1.54, 1.807) is 4.90 Å². The molecule has 1 aromatic carbocycles. The van der Waals surface area contributed by atoms with E-state index in [2.05, 4.69) is 4.98 Å². The zero-order chi connectivity index (χ0) is 20.6. The van der Waals surface area contributed by atoms with Gasteiger partial charge in [0.1, 0.15) is 5.01 Å². The molecule has 0 spiro atoms. The van der Waals surface area contributed by atoms with Crippen molar-refractivity contribution in [1.29, 1.82) is 0 Å². The van der Waals surface area contributed by atoms with Gasteiger partial charge < -0.3 is 10.0 Å². The number of aromatic nitrogens is 1. The van der Waals surface area contributed by atoms with Gasteiger partial charge in [0, 0.05) is 36.5 Å². The van der Waals surface area contributed by atoms with Crippen LogP contribution in [0.25, 0.3) is 10.6 Å². The summed E-state index contributed by atoms with van der Waals surface area (Å²) in [7, 11) is 0. The second-order valence-corrected chi connectivity index (χ2v) is 8.29. The molecule has 1 aliphatic heterocycles. The monoisotopic (exact) mass is 401 g/mol. The first-order valence-corrected chi connectivity index (χ1v) is 9.92. The van der Waals surface area contributed by atoms with Gasteiger partial charge in [0.05, 0.1) is 10.9 Å². The largest absolute Gasteiger partial charge is 0.465 e. The minimum atomic E-state index is -0.989. The number of carbonyl (C=O) groups is 3. The Morgan fingerprint density at radius 1 is 1.39 bits per heavy atom. The highest BCUT2D eigenvalue weighted by Crippen LogP contribution is 2.43. The third kappa shape index (κ3) is 3.52. The van der Waals surface area contributed by atoms with E-state index in [-0.39, 0.29) is 24.0 Å². The Morgan fingerprint density at radius 3 is 2.64 bits per heavy atom. The van der Waals surface area contributed by atoms with Gasteiger partial charge >= 0.3 is 6.09 Å². The molecule has 0 bridgehead atoms. The number of fused-ring (bicyclic) bond motifs is 1. The highest BCUT2D eigenvalue weighted by Gasteiger charge is 2.38. The van der Waals surface area contributed by atoms with E-state index in [0.29, 0.717) is 16.3 Å². The summed E-state index contributed by atoms with van der Waals surface area (Å²) in [4.78, 5) is 43.2. The zero-order valence-corrected chi connectivity index (χ0v) is 17.1. The maximum Gasteiger partial charge on any atom is 0.408 e.